The standard InChI is InChI=1S/C22H28O4/c1-5-6-17-14-22(18(9-10-26-22)13-19(17)23)15(2)11-16-7-8-20(24-3)21(12-16)25-4/h5,7-8,12-13,15,17H,1,6,9-11,14H2,2-4H3/t15?,17-,22+/m1/s1. The summed E-state index contributed by atoms with van der Waals surface area (Å²) in [4.78, 5) is 12.4. The van der Waals surface area contributed by atoms with Gasteiger partial charge in [-0.3, -0.25) is 4.79 Å². The highest BCUT2D eigenvalue weighted by atomic mass is 16.5. The molecule has 0 amide bonds. The summed E-state index contributed by atoms with van der Waals surface area (Å²) in [5.74, 6) is 1.92. The van der Waals surface area contributed by atoms with Gasteiger partial charge in [0.1, 0.15) is 0 Å². The first-order chi connectivity index (χ1) is 12.5. The Morgan fingerprint density at radius 2 is 2.12 bits per heavy atom. The van der Waals surface area contributed by atoms with E-state index in [1.807, 2.05) is 24.3 Å². The fourth-order valence-electron chi connectivity index (χ4n) is 4.37. The average molecular weight is 356 g/mol. The molecule has 4 nitrogen and oxygen atoms in total. The molecule has 140 valence electrons. The number of methoxy groups -OCH3 is 2. The Morgan fingerprint density at radius 3 is 2.81 bits per heavy atom. The quantitative estimate of drug-likeness (QED) is 0.689. The summed E-state index contributed by atoms with van der Waals surface area (Å²) < 4.78 is 17.1. The monoisotopic (exact) mass is 356 g/mol. The number of allylic oxidation sites excluding steroid dienone is 2. The molecule has 1 unspecified atom stereocenters. The van der Waals surface area contributed by atoms with Crippen molar-refractivity contribution in [3.8, 4) is 11.5 Å². The van der Waals surface area contributed by atoms with Gasteiger partial charge in [0.2, 0.25) is 0 Å². The molecule has 1 aliphatic heterocycles. The van der Waals surface area contributed by atoms with Crippen molar-refractivity contribution in [1.29, 1.82) is 0 Å². The van der Waals surface area contributed by atoms with E-state index in [2.05, 4.69) is 19.6 Å². The zero-order valence-corrected chi connectivity index (χ0v) is 15.9. The molecular formula is C22H28O4. The van der Waals surface area contributed by atoms with E-state index in [-0.39, 0.29) is 23.2 Å². The Morgan fingerprint density at radius 1 is 1.35 bits per heavy atom. The van der Waals surface area contributed by atoms with Crippen LogP contribution in [0.3, 0.4) is 0 Å². The van der Waals surface area contributed by atoms with Crippen molar-refractivity contribution in [2.45, 2.75) is 38.2 Å². The molecule has 0 bridgehead atoms. The molecule has 1 heterocycles. The molecule has 3 atom stereocenters. The van der Waals surface area contributed by atoms with Gasteiger partial charge in [-0.15, -0.1) is 6.58 Å². The van der Waals surface area contributed by atoms with E-state index in [1.165, 1.54) is 5.56 Å². The lowest BCUT2D eigenvalue weighted by atomic mass is 9.68. The van der Waals surface area contributed by atoms with Crippen LogP contribution in [0.1, 0.15) is 31.7 Å². The van der Waals surface area contributed by atoms with Crippen LogP contribution < -0.4 is 9.47 Å². The van der Waals surface area contributed by atoms with E-state index >= 15 is 0 Å². The molecule has 26 heavy (non-hydrogen) atoms. The fourth-order valence-corrected chi connectivity index (χ4v) is 4.37. The largest absolute Gasteiger partial charge is 0.493 e. The third-order valence-electron chi connectivity index (χ3n) is 5.78. The minimum atomic E-state index is -0.339. The Labute approximate surface area is 155 Å². The van der Waals surface area contributed by atoms with E-state index in [9.17, 15) is 4.79 Å². The first kappa shape index (κ1) is 18.7. The molecule has 0 saturated carbocycles. The third-order valence-corrected chi connectivity index (χ3v) is 5.78. The van der Waals surface area contributed by atoms with E-state index in [0.29, 0.717) is 13.0 Å². The van der Waals surface area contributed by atoms with Crippen LogP contribution in [0.5, 0.6) is 11.5 Å². The van der Waals surface area contributed by atoms with Crippen LogP contribution >= 0.6 is 0 Å². The lowest BCUT2D eigenvalue weighted by Crippen LogP contribution is -2.44. The smallest absolute Gasteiger partial charge is 0.160 e. The Kier molecular flexibility index (Phi) is 5.52. The van der Waals surface area contributed by atoms with E-state index in [4.69, 9.17) is 14.2 Å². The topological polar surface area (TPSA) is 44.8 Å². The van der Waals surface area contributed by atoms with Gasteiger partial charge in [0.25, 0.3) is 0 Å². The minimum absolute atomic E-state index is 0.0257. The number of carbonyl (C=O) groups excluding carboxylic acids is 1. The van der Waals surface area contributed by atoms with Crippen molar-refractivity contribution in [1.82, 2.24) is 0 Å². The first-order valence-corrected chi connectivity index (χ1v) is 9.24. The molecule has 0 N–H and O–H groups in total. The summed E-state index contributed by atoms with van der Waals surface area (Å²) in [6.45, 7) is 6.72. The number of hydrogen-bond donors (Lipinski definition) is 0. The first-order valence-electron chi connectivity index (χ1n) is 9.24. The predicted molar refractivity (Wildman–Crippen MR) is 102 cm³/mol. The summed E-state index contributed by atoms with van der Waals surface area (Å²) in [6, 6.07) is 6.04. The van der Waals surface area contributed by atoms with Crippen LogP contribution in [0.4, 0.5) is 0 Å². The fraction of sp³-hybridized carbons (Fsp3) is 0.500. The highest BCUT2D eigenvalue weighted by Crippen LogP contribution is 2.47. The molecule has 0 radical (unpaired) electrons. The maximum Gasteiger partial charge on any atom is 0.160 e. The van der Waals surface area contributed by atoms with Crippen molar-refractivity contribution < 1.29 is 19.0 Å². The van der Waals surface area contributed by atoms with Gasteiger partial charge in [0.15, 0.2) is 17.3 Å². The Hall–Kier alpha value is -2.07. The van der Waals surface area contributed by atoms with Gasteiger partial charge in [0, 0.05) is 5.92 Å². The number of rotatable bonds is 7. The van der Waals surface area contributed by atoms with Gasteiger partial charge < -0.3 is 14.2 Å². The number of ketones is 1. The van der Waals surface area contributed by atoms with Crippen molar-refractivity contribution in [2.24, 2.45) is 11.8 Å². The summed E-state index contributed by atoms with van der Waals surface area (Å²) in [5.41, 5.74) is 2.00. The van der Waals surface area contributed by atoms with E-state index < -0.39 is 0 Å². The van der Waals surface area contributed by atoms with Gasteiger partial charge in [0.05, 0.1) is 26.4 Å². The lowest BCUT2D eigenvalue weighted by Gasteiger charge is -2.41. The van der Waals surface area contributed by atoms with Gasteiger partial charge >= 0.3 is 0 Å². The lowest BCUT2D eigenvalue weighted by molar-refractivity contribution is -0.123. The summed E-state index contributed by atoms with van der Waals surface area (Å²) >= 11 is 0. The number of fused-ring (bicyclic) bond motifs is 1. The van der Waals surface area contributed by atoms with E-state index in [1.54, 1.807) is 14.2 Å². The molecule has 0 aromatic heterocycles. The molecule has 2 aliphatic rings. The van der Waals surface area contributed by atoms with Crippen molar-refractivity contribution in [3.05, 3.63) is 48.1 Å². The maximum atomic E-state index is 12.4. The highest BCUT2D eigenvalue weighted by Gasteiger charge is 2.49. The maximum absolute atomic E-state index is 12.4. The summed E-state index contributed by atoms with van der Waals surface area (Å²) in [7, 11) is 3.29. The molecule has 1 saturated heterocycles. The second kappa shape index (κ2) is 7.67. The normalized spacial score (nSPS) is 26.0. The highest BCUT2D eigenvalue weighted by molar-refractivity contribution is 5.94. The molecular weight excluding hydrogens is 328 g/mol. The van der Waals surface area contributed by atoms with Gasteiger partial charge in [-0.1, -0.05) is 19.1 Å². The zero-order valence-electron chi connectivity index (χ0n) is 15.9. The molecule has 3 rings (SSSR count). The van der Waals surface area contributed by atoms with Crippen molar-refractivity contribution in [2.75, 3.05) is 20.8 Å². The van der Waals surface area contributed by atoms with Crippen LogP contribution in [0.25, 0.3) is 0 Å². The molecule has 1 aromatic carbocycles. The number of ether oxygens (including phenoxy) is 3. The Bertz CT molecular complexity index is 721. The predicted octanol–water partition coefficient (Wildman–Crippen LogP) is 4.13. The summed E-state index contributed by atoms with van der Waals surface area (Å²) in [6.07, 6.45) is 6.84. The number of hydrogen-bond acceptors (Lipinski definition) is 4. The molecule has 4 heteroatoms. The summed E-state index contributed by atoms with van der Waals surface area (Å²) in [5, 5.41) is 0. The van der Waals surface area contributed by atoms with Crippen LogP contribution in [-0.2, 0) is 16.0 Å². The molecule has 1 aliphatic carbocycles. The molecule has 1 fully saturated rings. The second-order valence-corrected chi connectivity index (χ2v) is 7.28. The van der Waals surface area contributed by atoms with Crippen molar-refractivity contribution >= 4 is 5.78 Å². The molecule has 0 spiro atoms. The van der Waals surface area contributed by atoms with Crippen LogP contribution in [0.15, 0.2) is 42.5 Å². The Balaban J connectivity index is 1.86. The van der Waals surface area contributed by atoms with Crippen molar-refractivity contribution in [3.63, 3.8) is 0 Å². The van der Waals surface area contributed by atoms with Gasteiger partial charge in [-0.25, -0.2) is 0 Å². The number of benzene rings is 1. The molecule has 1 aromatic rings. The van der Waals surface area contributed by atoms with Gasteiger partial charge in [-0.2, -0.15) is 0 Å². The second-order valence-electron chi connectivity index (χ2n) is 7.28. The van der Waals surface area contributed by atoms with Crippen LogP contribution in [0, 0.1) is 11.8 Å². The average Bonchev–Trinajstić information content (AvgIpc) is 3.06. The van der Waals surface area contributed by atoms with Crippen LogP contribution in [0.2, 0.25) is 0 Å². The van der Waals surface area contributed by atoms with E-state index in [0.717, 1.165) is 36.3 Å². The third kappa shape index (κ3) is 3.30. The minimum Gasteiger partial charge on any atom is -0.493 e. The SMILES string of the molecule is C=CC[C@@H]1C[C@@]2(C(C)Cc3ccc(OC)c(OC)c3)OCCC2=CC1=O. The van der Waals surface area contributed by atoms with Crippen LogP contribution in [-0.4, -0.2) is 32.2 Å². The van der Waals surface area contributed by atoms with Gasteiger partial charge in [-0.05, 0) is 60.9 Å². The zero-order chi connectivity index (χ0) is 18.7. The number of carbonyl (C=O) groups is 1.